The van der Waals surface area contributed by atoms with Crippen LogP contribution in [0.25, 0.3) is 0 Å². The van der Waals surface area contributed by atoms with Gasteiger partial charge in [0.1, 0.15) is 0 Å². The third-order valence-electron chi connectivity index (χ3n) is 3.21. The van der Waals surface area contributed by atoms with E-state index >= 15 is 0 Å². The molecule has 118 valence electrons. The SMILES string of the molecule is FC(F)(F)c1cc(NC[C@H]2CCOC2)cc(C(F)(F)F)c1. The second kappa shape index (κ2) is 5.75. The lowest BCUT2D eigenvalue weighted by atomic mass is 10.1. The number of hydrogen-bond donors (Lipinski definition) is 1. The van der Waals surface area contributed by atoms with Crippen LogP contribution >= 0.6 is 0 Å². The fourth-order valence-electron chi connectivity index (χ4n) is 2.06. The van der Waals surface area contributed by atoms with Crippen molar-refractivity contribution in [2.45, 2.75) is 18.8 Å². The molecule has 1 aromatic carbocycles. The van der Waals surface area contributed by atoms with Crippen molar-refractivity contribution in [3.05, 3.63) is 29.3 Å². The molecule has 0 aliphatic carbocycles. The van der Waals surface area contributed by atoms with E-state index in [-0.39, 0.29) is 24.2 Å². The van der Waals surface area contributed by atoms with Crippen LogP contribution in [0.1, 0.15) is 17.5 Å². The summed E-state index contributed by atoms with van der Waals surface area (Å²) in [6.07, 6.45) is -8.92. The first-order valence-electron chi connectivity index (χ1n) is 6.27. The minimum Gasteiger partial charge on any atom is -0.385 e. The molecule has 1 fully saturated rings. The number of rotatable bonds is 3. The zero-order valence-electron chi connectivity index (χ0n) is 10.8. The third kappa shape index (κ3) is 4.26. The van der Waals surface area contributed by atoms with E-state index in [2.05, 4.69) is 5.32 Å². The van der Waals surface area contributed by atoms with Gasteiger partial charge in [-0.3, -0.25) is 0 Å². The van der Waals surface area contributed by atoms with Crippen molar-refractivity contribution in [3.8, 4) is 0 Å². The summed E-state index contributed by atoms with van der Waals surface area (Å²) in [5.41, 5.74) is -2.82. The maximum absolute atomic E-state index is 12.7. The van der Waals surface area contributed by atoms with E-state index in [9.17, 15) is 26.3 Å². The molecule has 0 radical (unpaired) electrons. The largest absolute Gasteiger partial charge is 0.416 e. The highest BCUT2D eigenvalue weighted by Gasteiger charge is 2.37. The summed E-state index contributed by atoms with van der Waals surface area (Å²) in [6.45, 7) is 1.29. The third-order valence-corrected chi connectivity index (χ3v) is 3.21. The monoisotopic (exact) mass is 313 g/mol. The van der Waals surface area contributed by atoms with Crippen LogP contribution < -0.4 is 5.32 Å². The first-order valence-corrected chi connectivity index (χ1v) is 6.27. The highest BCUT2D eigenvalue weighted by molar-refractivity contribution is 5.50. The van der Waals surface area contributed by atoms with Crippen LogP contribution in [-0.2, 0) is 17.1 Å². The average molecular weight is 313 g/mol. The molecule has 2 nitrogen and oxygen atoms in total. The molecule has 0 spiro atoms. The van der Waals surface area contributed by atoms with Crippen molar-refractivity contribution < 1.29 is 31.1 Å². The summed E-state index contributed by atoms with van der Waals surface area (Å²) in [7, 11) is 0. The minimum atomic E-state index is -4.83. The molecule has 1 aliphatic rings. The zero-order chi connectivity index (χ0) is 15.7. The van der Waals surface area contributed by atoms with Crippen LogP contribution in [0.2, 0.25) is 0 Å². The number of hydrogen-bond acceptors (Lipinski definition) is 2. The van der Waals surface area contributed by atoms with E-state index < -0.39 is 23.5 Å². The Morgan fingerprint density at radius 2 is 1.57 bits per heavy atom. The van der Waals surface area contributed by atoms with Gasteiger partial charge in [0, 0.05) is 24.8 Å². The minimum absolute atomic E-state index is 0.0916. The van der Waals surface area contributed by atoms with Gasteiger partial charge in [0.05, 0.1) is 17.7 Å². The van der Waals surface area contributed by atoms with Crippen LogP contribution in [0.3, 0.4) is 0 Å². The molecular weight excluding hydrogens is 300 g/mol. The van der Waals surface area contributed by atoms with E-state index in [1.165, 1.54) is 0 Å². The Hall–Kier alpha value is -1.44. The quantitative estimate of drug-likeness (QED) is 0.846. The predicted molar refractivity (Wildman–Crippen MR) is 63.9 cm³/mol. The predicted octanol–water partition coefficient (Wildman–Crippen LogP) is 4.17. The molecule has 1 heterocycles. The summed E-state index contributed by atoms with van der Waals surface area (Å²) in [6, 6.07) is 1.49. The molecule has 0 saturated carbocycles. The van der Waals surface area contributed by atoms with E-state index in [0.717, 1.165) is 6.42 Å². The van der Waals surface area contributed by atoms with Gasteiger partial charge in [-0.25, -0.2) is 0 Å². The fourth-order valence-corrected chi connectivity index (χ4v) is 2.06. The van der Waals surface area contributed by atoms with Crippen molar-refractivity contribution in [2.75, 3.05) is 25.1 Å². The Morgan fingerprint density at radius 3 is 2.00 bits per heavy atom. The zero-order valence-corrected chi connectivity index (χ0v) is 10.8. The van der Waals surface area contributed by atoms with Gasteiger partial charge in [0.25, 0.3) is 0 Å². The summed E-state index contributed by atoms with van der Waals surface area (Å²) in [4.78, 5) is 0. The molecule has 0 aromatic heterocycles. The van der Waals surface area contributed by atoms with Crippen LogP contribution in [-0.4, -0.2) is 19.8 Å². The van der Waals surface area contributed by atoms with E-state index in [1.807, 2.05) is 0 Å². The van der Waals surface area contributed by atoms with Gasteiger partial charge < -0.3 is 10.1 Å². The molecule has 0 bridgehead atoms. The van der Waals surface area contributed by atoms with Crippen molar-refractivity contribution in [1.82, 2.24) is 0 Å². The van der Waals surface area contributed by atoms with E-state index in [0.29, 0.717) is 25.3 Å². The Bertz CT molecular complexity index is 458. The molecule has 1 aromatic rings. The molecule has 2 rings (SSSR count). The lowest BCUT2D eigenvalue weighted by molar-refractivity contribution is -0.143. The normalized spacial score (nSPS) is 19.8. The number of halogens is 6. The maximum Gasteiger partial charge on any atom is 0.416 e. The molecule has 1 saturated heterocycles. The smallest absolute Gasteiger partial charge is 0.385 e. The number of ether oxygens (including phenoxy) is 1. The van der Waals surface area contributed by atoms with E-state index in [4.69, 9.17) is 4.74 Å². The number of anilines is 1. The number of alkyl halides is 6. The second-order valence-corrected chi connectivity index (χ2v) is 4.91. The Morgan fingerprint density at radius 1 is 1.00 bits per heavy atom. The van der Waals surface area contributed by atoms with Gasteiger partial charge in [-0.05, 0) is 24.6 Å². The lowest BCUT2D eigenvalue weighted by Crippen LogP contribution is -2.16. The standard InChI is InChI=1S/C13H13F6NO/c14-12(15,16)9-3-10(13(17,18)19)5-11(4-9)20-6-8-1-2-21-7-8/h3-5,8,20H,1-2,6-7H2/t8-/m1/s1. The Kier molecular flexibility index (Phi) is 4.36. The molecular formula is C13H13F6NO. The molecule has 1 N–H and O–H groups in total. The molecule has 0 unspecified atom stereocenters. The Balaban J connectivity index is 2.22. The first-order chi connectivity index (χ1) is 9.66. The maximum atomic E-state index is 12.7. The van der Waals surface area contributed by atoms with Crippen molar-refractivity contribution in [1.29, 1.82) is 0 Å². The number of nitrogens with one attached hydrogen (secondary N) is 1. The van der Waals surface area contributed by atoms with Crippen LogP contribution in [0, 0.1) is 5.92 Å². The lowest BCUT2D eigenvalue weighted by Gasteiger charge is -2.16. The van der Waals surface area contributed by atoms with Gasteiger partial charge in [-0.15, -0.1) is 0 Å². The first kappa shape index (κ1) is 15.9. The van der Waals surface area contributed by atoms with Crippen LogP contribution in [0.4, 0.5) is 32.0 Å². The van der Waals surface area contributed by atoms with Gasteiger partial charge >= 0.3 is 12.4 Å². The molecule has 1 atom stereocenters. The van der Waals surface area contributed by atoms with Gasteiger partial charge in [0.15, 0.2) is 0 Å². The highest BCUT2D eigenvalue weighted by Crippen LogP contribution is 2.37. The second-order valence-electron chi connectivity index (χ2n) is 4.91. The van der Waals surface area contributed by atoms with Crippen molar-refractivity contribution in [2.24, 2.45) is 5.92 Å². The summed E-state index contributed by atoms with van der Waals surface area (Å²) in [5, 5.41) is 2.63. The van der Waals surface area contributed by atoms with Crippen molar-refractivity contribution in [3.63, 3.8) is 0 Å². The molecule has 21 heavy (non-hydrogen) atoms. The number of benzene rings is 1. The van der Waals surface area contributed by atoms with Gasteiger partial charge in [-0.1, -0.05) is 0 Å². The topological polar surface area (TPSA) is 21.3 Å². The van der Waals surface area contributed by atoms with Crippen LogP contribution in [0.15, 0.2) is 18.2 Å². The summed E-state index contributed by atoms with van der Waals surface area (Å²) < 4.78 is 81.1. The van der Waals surface area contributed by atoms with E-state index in [1.54, 1.807) is 0 Å². The fraction of sp³-hybridized carbons (Fsp3) is 0.538. The average Bonchev–Trinajstić information content (AvgIpc) is 2.87. The molecule has 0 amide bonds. The highest BCUT2D eigenvalue weighted by atomic mass is 19.4. The van der Waals surface area contributed by atoms with Crippen LogP contribution in [0.5, 0.6) is 0 Å². The summed E-state index contributed by atoms with van der Waals surface area (Å²) >= 11 is 0. The van der Waals surface area contributed by atoms with Gasteiger partial charge in [0.2, 0.25) is 0 Å². The molecule has 1 aliphatic heterocycles. The molecule has 8 heteroatoms. The summed E-state index contributed by atoms with van der Waals surface area (Å²) in [5.74, 6) is 0.0916. The van der Waals surface area contributed by atoms with Crippen molar-refractivity contribution >= 4 is 5.69 Å². The Labute approximate surface area is 117 Å². The van der Waals surface area contributed by atoms with Gasteiger partial charge in [-0.2, -0.15) is 26.3 Å².